The van der Waals surface area contributed by atoms with Crippen molar-refractivity contribution in [3.63, 3.8) is 0 Å². The van der Waals surface area contributed by atoms with Gasteiger partial charge in [-0.2, -0.15) is 0 Å². The molecule has 1 aromatic rings. The molecule has 0 unspecified atom stereocenters. The summed E-state index contributed by atoms with van der Waals surface area (Å²) in [4.78, 5) is 15.6. The minimum absolute atomic E-state index is 0.0539. The molecule has 0 spiro atoms. The number of hydrogen-bond donors (Lipinski definition) is 2. The Morgan fingerprint density at radius 3 is 2.42 bits per heavy atom. The van der Waals surface area contributed by atoms with Crippen LogP contribution in [0.15, 0.2) is 23.8 Å². The molecule has 0 aromatic carbocycles. The SMILES string of the molecule is CC(=O)SCC(=Cc1ccc(NN)nc1)B1OC(C)(C)C(C)(C)O1. The van der Waals surface area contributed by atoms with Gasteiger partial charge in [-0.3, -0.25) is 4.79 Å². The van der Waals surface area contributed by atoms with E-state index in [0.29, 0.717) is 11.6 Å². The number of nitrogens with zero attached hydrogens (tertiary/aromatic N) is 1. The maximum absolute atomic E-state index is 11.4. The van der Waals surface area contributed by atoms with Gasteiger partial charge in [0.2, 0.25) is 0 Å². The van der Waals surface area contributed by atoms with E-state index < -0.39 is 18.3 Å². The summed E-state index contributed by atoms with van der Waals surface area (Å²) in [5, 5.41) is 0.0539. The van der Waals surface area contributed by atoms with Crippen molar-refractivity contribution in [2.75, 3.05) is 11.2 Å². The van der Waals surface area contributed by atoms with Gasteiger partial charge < -0.3 is 14.7 Å². The summed E-state index contributed by atoms with van der Waals surface area (Å²) in [5.74, 6) is 6.42. The minimum atomic E-state index is -0.492. The molecule has 2 heterocycles. The molecular weight excluding hydrogens is 325 g/mol. The molecule has 1 fully saturated rings. The second kappa shape index (κ2) is 7.27. The zero-order valence-electron chi connectivity index (χ0n) is 14.8. The van der Waals surface area contributed by atoms with E-state index in [1.54, 1.807) is 19.2 Å². The topological polar surface area (TPSA) is 86.5 Å². The molecule has 0 radical (unpaired) electrons. The highest BCUT2D eigenvalue weighted by atomic mass is 32.2. The number of thioether (sulfide) groups is 1. The number of carbonyl (C=O) groups is 1. The first kappa shape index (κ1) is 19.0. The van der Waals surface area contributed by atoms with Gasteiger partial charge >= 0.3 is 7.12 Å². The highest BCUT2D eigenvalue weighted by Crippen LogP contribution is 2.39. The number of nitrogen functional groups attached to an aromatic ring is 1. The molecule has 24 heavy (non-hydrogen) atoms. The number of hydrogen-bond acceptors (Lipinski definition) is 7. The van der Waals surface area contributed by atoms with Crippen LogP contribution in [0, 0.1) is 0 Å². The van der Waals surface area contributed by atoms with Crippen molar-refractivity contribution in [1.29, 1.82) is 0 Å². The van der Waals surface area contributed by atoms with Gasteiger partial charge in [-0.1, -0.05) is 17.8 Å². The van der Waals surface area contributed by atoms with E-state index in [9.17, 15) is 4.79 Å². The molecular formula is C16H24BN3O3S. The zero-order valence-corrected chi connectivity index (χ0v) is 15.6. The summed E-state index contributed by atoms with van der Waals surface area (Å²) < 4.78 is 12.2. The summed E-state index contributed by atoms with van der Waals surface area (Å²) in [6, 6.07) is 3.68. The molecule has 1 saturated heterocycles. The van der Waals surface area contributed by atoms with Gasteiger partial charge in [-0.05, 0) is 50.9 Å². The predicted octanol–water partition coefficient (Wildman–Crippen LogP) is 2.66. The molecule has 6 nitrogen and oxygen atoms in total. The lowest BCUT2D eigenvalue weighted by molar-refractivity contribution is -0.109. The Balaban J connectivity index is 2.27. The van der Waals surface area contributed by atoms with Crippen LogP contribution in [0.5, 0.6) is 0 Å². The van der Waals surface area contributed by atoms with Gasteiger partial charge in [-0.25, -0.2) is 10.8 Å². The van der Waals surface area contributed by atoms with Crippen molar-refractivity contribution in [2.24, 2.45) is 5.84 Å². The highest BCUT2D eigenvalue weighted by Gasteiger charge is 2.52. The van der Waals surface area contributed by atoms with Crippen molar-refractivity contribution in [1.82, 2.24) is 4.98 Å². The number of carbonyl (C=O) groups excluding carboxylic acids is 1. The number of nitrogens with one attached hydrogen (secondary N) is 1. The normalized spacial score (nSPS) is 19.4. The molecule has 0 saturated carbocycles. The van der Waals surface area contributed by atoms with E-state index in [0.717, 1.165) is 11.0 Å². The summed E-state index contributed by atoms with van der Waals surface area (Å²) in [6.07, 6.45) is 3.66. The lowest BCUT2D eigenvalue weighted by Crippen LogP contribution is -2.41. The van der Waals surface area contributed by atoms with Crippen LogP contribution in [0.4, 0.5) is 5.82 Å². The Hall–Kier alpha value is -1.35. The Labute approximate surface area is 147 Å². The van der Waals surface area contributed by atoms with Gasteiger partial charge in [0.15, 0.2) is 5.12 Å². The Morgan fingerprint density at radius 2 is 1.96 bits per heavy atom. The van der Waals surface area contributed by atoms with Crippen molar-refractivity contribution in [3.05, 3.63) is 29.4 Å². The fraction of sp³-hybridized carbons (Fsp3) is 0.500. The summed E-state index contributed by atoms with van der Waals surface area (Å²) in [5.41, 5.74) is 3.42. The maximum Gasteiger partial charge on any atom is 0.491 e. The van der Waals surface area contributed by atoms with E-state index in [-0.39, 0.29) is 5.12 Å². The van der Waals surface area contributed by atoms with Crippen molar-refractivity contribution >= 4 is 35.9 Å². The second-order valence-corrected chi connectivity index (χ2v) is 7.86. The molecule has 2 rings (SSSR count). The van der Waals surface area contributed by atoms with Gasteiger partial charge in [0.25, 0.3) is 0 Å². The standard InChI is InChI=1S/C16H24BN3O3S/c1-11(21)24-10-13(8-12-6-7-14(20-18)19-9-12)17-22-15(2,3)16(4,5)23-17/h6-9H,10,18H2,1-5H3,(H,19,20). The van der Waals surface area contributed by atoms with E-state index in [1.165, 1.54) is 11.8 Å². The molecule has 1 aliphatic heterocycles. The fourth-order valence-electron chi connectivity index (χ4n) is 2.15. The van der Waals surface area contributed by atoms with E-state index in [4.69, 9.17) is 15.2 Å². The maximum atomic E-state index is 11.4. The molecule has 1 aliphatic rings. The van der Waals surface area contributed by atoms with E-state index in [2.05, 4.69) is 10.4 Å². The largest absolute Gasteiger partial charge is 0.491 e. The first-order chi connectivity index (χ1) is 11.1. The molecule has 0 aliphatic carbocycles. The lowest BCUT2D eigenvalue weighted by Gasteiger charge is -2.32. The van der Waals surface area contributed by atoms with Gasteiger partial charge in [0.05, 0.1) is 11.2 Å². The number of pyridine rings is 1. The molecule has 0 atom stereocenters. The van der Waals surface area contributed by atoms with Crippen LogP contribution in [0.3, 0.4) is 0 Å². The third-order valence-electron chi connectivity index (χ3n) is 4.28. The van der Waals surface area contributed by atoms with Crippen LogP contribution in [-0.4, -0.2) is 34.2 Å². The van der Waals surface area contributed by atoms with Crippen LogP contribution in [0.1, 0.15) is 40.2 Å². The molecule has 0 amide bonds. The van der Waals surface area contributed by atoms with Gasteiger partial charge in [-0.15, -0.1) is 0 Å². The number of rotatable bonds is 5. The predicted molar refractivity (Wildman–Crippen MR) is 99.2 cm³/mol. The molecule has 130 valence electrons. The average Bonchev–Trinajstić information content (AvgIpc) is 2.72. The first-order valence-electron chi connectivity index (χ1n) is 7.77. The van der Waals surface area contributed by atoms with Crippen LogP contribution in [0.25, 0.3) is 6.08 Å². The quantitative estimate of drug-likeness (QED) is 0.480. The number of hydrazine groups is 1. The minimum Gasteiger partial charge on any atom is -0.400 e. The number of nitrogens with two attached hydrogens (primary N) is 1. The summed E-state index contributed by atoms with van der Waals surface area (Å²) in [7, 11) is -0.492. The third kappa shape index (κ3) is 4.39. The fourth-order valence-corrected chi connectivity index (χ4v) is 2.74. The van der Waals surface area contributed by atoms with E-state index >= 15 is 0 Å². The zero-order chi connectivity index (χ0) is 18.0. The number of anilines is 1. The Morgan fingerprint density at radius 1 is 1.33 bits per heavy atom. The van der Waals surface area contributed by atoms with Crippen molar-refractivity contribution in [2.45, 2.75) is 45.8 Å². The molecule has 3 N–H and O–H groups in total. The van der Waals surface area contributed by atoms with Crippen LogP contribution in [0.2, 0.25) is 0 Å². The summed E-state index contributed by atoms with van der Waals surface area (Å²) in [6.45, 7) is 9.58. The number of aromatic nitrogens is 1. The van der Waals surface area contributed by atoms with Crippen LogP contribution < -0.4 is 11.3 Å². The smallest absolute Gasteiger partial charge is 0.400 e. The van der Waals surface area contributed by atoms with Crippen LogP contribution >= 0.6 is 11.8 Å². The highest BCUT2D eigenvalue weighted by molar-refractivity contribution is 8.13. The van der Waals surface area contributed by atoms with Crippen molar-refractivity contribution < 1.29 is 14.1 Å². The molecule has 8 heteroatoms. The Bertz CT molecular complexity index is 616. The van der Waals surface area contributed by atoms with Crippen LogP contribution in [-0.2, 0) is 14.1 Å². The van der Waals surface area contributed by atoms with E-state index in [1.807, 2.05) is 39.8 Å². The second-order valence-electron chi connectivity index (χ2n) is 6.71. The first-order valence-corrected chi connectivity index (χ1v) is 8.75. The van der Waals surface area contributed by atoms with Gasteiger partial charge in [0.1, 0.15) is 5.82 Å². The third-order valence-corrected chi connectivity index (χ3v) is 5.17. The average molecular weight is 349 g/mol. The molecule has 0 bridgehead atoms. The van der Waals surface area contributed by atoms with Gasteiger partial charge in [0, 0.05) is 18.9 Å². The Kier molecular flexibility index (Phi) is 5.75. The van der Waals surface area contributed by atoms with Crippen molar-refractivity contribution in [3.8, 4) is 0 Å². The molecule has 1 aromatic heterocycles. The summed E-state index contributed by atoms with van der Waals surface area (Å²) >= 11 is 1.23. The lowest BCUT2D eigenvalue weighted by atomic mass is 9.78. The monoisotopic (exact) mass is 349 g/mol.